The summed E-state index contributed by atoms with van der Waals surface area (Å²) in [5, 5.41) is 8.99. The molecule has 1 aromatic rings. The van der Waals surface area contributed by atoms with E-state index >= 15 is 0 Å². The van der Waals surface area contributed by atoms with Crippen molar-refractivity contribution >= 4 is 18.6 Å². The first kappa shape index (κ1) is 11.2. The molecule has 0 spiro atoms. The van der Waals surface area contributed by atoms with Gasteiger partial charge in [-0.1, -0.05) is 30.3 Å². The molecular formula is C11H13BO4. The molecule has 5 heteroatoms. The SMILES string of the molecule is CC1(C(=O)O)COB(c2ccccc2)OC1. The second-order valence-electron chi connectivity index (χ2n) is 4.23. The van der Waals surface area contributed by atoms with E-state index in [0.29, 0.717) is 0 Å². The molecule has 0 atom stereocenters. The molecule has 1 aromatic carbocycles. The third-order valence-corrected chi connectivity index (χ3v) is 2.69. The maximum absolute atomic E-state index is 11.0. The summed E-state index contributed by atoms with van der Waals surface area (Å²) in [5.74, 6) is -0.890. The highest BCUT2D eigenvalue weighted by atomic mass is 16.6. The van der Waals surface area contributed by atoms with Crippen molar-refractivity contribution in [2.45, 2.75) is 6.92 Å². The van der Waals surface area contributed by atoms with Gasteiger partial charge in [-0.05, 0) is 12.4 Å². The van der Waals surface area contributed by atoms with E-state index in [2.05, 4.69) is 0 Å². The second kappa shape index (κ2) is 4.27. The minimum Gasteiger partial charge on any atom is -0.481 e. The van der Waals surface area contributed by atoms with Crippen LogP contribution in [-0.2, 0) is 14.1 Å². The van der Waals surface area contributed by atoms with Crippen molar-refractivity contribution in [2.75, 3.05) is 13.2 Å². The molecule has 0 aliphatic carbocycles. The van der Waals surface area contributed by atoms with Crippen molar-refractivity contribution < 1.29 is 19.2 Å². The lowest BCUT2D eigenvalue weighted by atomic mass is 9.75. The molecule has 1 saturated heterocycles. The minimum absolute atomic E-state index is 0.169. The molecule has 1 aliphatic heterocycles. The van der Waals surface area contributed by atoms with Gasteiger partial charge in [0.2, 0.25) is 0 Å². The number of carboxylic acids is 1. The smallest absolute Gasteiger partial charge is 0.481 e. The number of hydrogen-bond donors (Lipinski definition) is 1. The highest BCUT2D eigenvalue weighted by Gasteiger charge is 2.41. The highest BCUT2D eigenvalue weighted by Crippen LogP contribution is 2.22. The number of rotatable bonds is 2. The summed E-state index contributed by atoms with van der Waals surface area (Å²) >= 11 is 0. The third kappa shape index (κ3) is 2.10. The van der Waals surface area contributed by atoms with E-state index < -0.39 is 18.5 Å². The van der Waals surface area contributed by atoms with Gasteiger partial charge in [-0.3, -0.25) is 4.79 Å². The van der Waals surface area contributed by atoms with Crippen molar-refractivity contribution in [3.8, 4) is 0 Å². The Morgan fingerprint density at radius 3 is 2.38 bits per heavy atom. The lowest BCUT2D eigenvalue weighted by Crippen LogP contribution is -2.51. The molecule has 0 aromatic heterocycles. The maximum Gasteiger partial charge on any atom is 0.493 e. The summed E-state index contributed by atoms with van der Waals surface area (Å²) in [5.41, 5.74) is -0.0272. The Balaban J connectivity index is 2.03. The molecule has 84 valence electrons. The topological polar surface area (TPSA) is 55.8 Å². The zero-order valence-electron chi connectivity index (χ0n) is 9.05. The molecule has 0 unspecified atom stereocenters. The van der Waals surface area contributed by atoms with E-state index in [4.69, 9.17) is 14.4 Å². The van der Waals surface area contributed by atoms with Crippen LogP contribution in [0, 0.1) is 5.41 Å². The van der Waals surface area contributed by atoms with Crippen LogP contribution in [0.1, 0.15) is 6.92 Å². The largest absolute Gasteiger partial charge is 0.493 e. The fourth-order valence-corrected chi connectivity index (χ4v) is 1.54. The van der Waals surface area contributed by atoms with Crippen molar-refractivity contribution in [3.05, 3.63) is 30.3 Å². The van der Waals surface area contributed by atoms with Crippen LogP contribution < -0.4 is 5.46 Å². The van der Waals surface area contributed by atoms with E-state index in [1.807, 2.05) is 30.3 Å². The van der Waals surface area contributed by atoms with Gasteiger partial charge in [-0.15, -0.1) is 0 Å². The van der Waals surface area contributed by atoms with E-state index in [1.165, 1.54) is 0 Å². The van der Waals surface area contributed by atoms with Crippen molar-refractivity contribution in [3.63, 3.8) is 0 Å². The number of carbonyl (C=O) groups is 1. The number of carboxylic acid groups (broad SMARTS) is 1. The lowest BCUT2D eigenvalue weighted by Gasteiger charge is -2.32. The number of benzene rings is 1. The Labute approximate surface area is 94.3 Å². The van der Waals surface area contributed by atoms with Crippen LogP contribution in [0.3, 0.4) is 0 Å². The summed E-state index contributed by atoms with van der Waals surface area (Å²) in [6, 6.07) is 9.50. The molecule has 0 saturated carbocycles. The highest BCUT2D eigenvalue weighted by molar-refractivity contribution is 6.61. The van der Waals surface area contributed by atoms with Gasteiger partial charge in [0.05, 0.1) is 0 Å². The molecule has 0 bridgehead atoms. The summed E-state index contributed by atoms with van der Waals surface area (Å²) in [4.78, 5) is 11.0. The molecule has 1 aliphatic rings. The maximum atomic E-state index is 11.0. The van der Waals surface area contributed by atoms with E-state index in [1.54, 1.807) is 6.92 Å². The zero-order chi connectivity index (χ0) is 11.6. The normalized spacial score (nSPS) is 19.4. The van der Waals surface area contributed by atoms with Gasteiger partial charge in [0.25, 0.3) is 0 Å². The van der Waals surface area contributed by atoms with Crippen LogP contribution in [0.15, 0.2) is 30.3 Å². The number of aliphatic carboxylic acids is 1. The molecule has 16 heavy (non-hydrogen) atoms. The second-order valence-corrected chi connectivity index (χ2v) is 4.23. The first-order chi connectivity index (χ1) is 7.62. The van der Waals surface area contributed by atoms with Gasteiger partial charge >= 0.3 is 13.1 Å². The quantitative estimate of drug-likeness (QED) is 0.738. The summed E-state index contributed by atoms with van der Waals surface area (Å²) < 4.78 is 10.9. The average molecular weight is 220 g/mol. The predicted molar refractivity (Wildman–Crippen MR) is 59.5 cm³/mol. The van der Waals surface area contributed by atoms with E-state index in [-0.39, 0.29) is 13.2 Å². The zero-order valence-corrected chi connectivity index (χ0v) is 9.05. The van der Waals surface area contributed by atoms with Gasteiger partial charge in [-0.2, -0.15) is 0 Å². The first-order valence-electron chi connectivity index (χ1n) is 5.13. The first-order valence-corrected chi connectivity index (χ1v) is 5.13. The Morgan fingerprint density at radius 2 is 1.88 bits per heavy atom. The van der Waals surface area contributed by atoms with Crippen LogP contribution in [0.5, 0.6) is 0 Å². The van der Waals surface area contributed by atoms with Gasteiger partial charge in [-0.25, -0.2) is 0 Å². The standard InChI is InChI=1S/C11H13BO4/c1-11(10(13)14)7-15-12(16-8-11)9-5-3-2-4-6-9/h2-6H,7-8H2,1H3,(H,13,14). The number of hydrogen-bond acceptors (Lipinski definition) is 3. The van der Waals surface area contributed by atoms with Crippen molar-refractivity contribution in [1.29, 1.82) is 0 Å². The molecular weight excluding hydrogens is 207 g/mol. The Morgan fingerprint density at radius 1 is 1.31 bits per heavy atom. The monoisotopic (exact) mass is 220 g/mol. The van der Waals surface area contributed by atoms with Crippen LogP contribution >= 0.6 is 0 Å². The average Bonchev–Trinajstić information content (AvgIpc) is 2.31. The van der Waals surface area contributed by atoms with Crippen LogP contribution in [0.4, 0.5) is 0 Å². The molecule has 0 amide bonds. The molecule has 1 heterocycles. The Hall–Kier alpha value is -1.33. The molecule has 1 N–H and O–H groups in total. The van der Waals surface area contributed by atoms with Gasteiger partial charge in [0.1, 0.15) is 5.41 Å². The van der Waals surface area contributed by atoms with E-state index in [0.717, 1.165) is 5.46 Å². The van der Waals surface area contributed by atoms with Gasteiger partial charge in [0.15, 0.2) is 0 Å². The minimum atomic E-state index is -0.939. The Bertz CT molecular complexity index is 371. The fourth-order valence-electron chi connectivity index (χ4n) is 1.54. The fraction of sp³-hybridized carbons (Fsp3) is 0.364. The molecule has 0 radical (unpaired) electrons. The lowest BCUT2D eigenvalue weighted by molar-refractivity contribution is -0.154. The molecule has 2 rings (SSSR count). The van der Waals surface area contributed by atoms with Gasteiger partial charge in [0, 0.05) is 13.2 Å². The third-order valence-electron chi connectivity index (χ3n) is 2.69. The summed E-state index contributed by atoms with van der Waals surface area (Å²) in [6.07, 6.45) is 0. The van der Waals surface area contributed by atoms with Gasteiger partial charge < -0.3 is 14.4 Å². The van der Waals surface area contributed by atoms with Crippen LogP contribution in [0.25, 0.3) is 0 Å². The summed E-state index contributed by atoms with van der Waals surface area (Å²) in [6.45, 7) is 1.96. The van der Waals surface area contributed by atoms with Crippen molar-refractivity contribution in [2.24, 2.45) is 5.41 Å². The van der Waals surface area contributed by atoms with Crippen LogP contribution in [-0.4, -0.2) is 31.4 Å². The van der Waals surface area contributed by atoms with Crippen molar-refractivity contribution in [1.82, 2.24) is 0 Å². The van der Waals surface area contributed by atoms with Crippen LogP contribution in [0.2, 0.25) is 0 Å². The summed E-state index contributed by atoms with van der Waals surface area (Å²) in [7, 11) is -0.450. The molecule has 1 fully saturated rings. The Kier molecular flexibility index (Phi) is 2.98. The molecule has 4 nitrogen and oxygen atoms in total. The predicted octanol–water partition coefficient (Wildman–Crippen LogP) is 0.519. The van der Waals surface area contributed by atoms with E-state index in [9.17, 15) is 4.79 Å².